The van der Waals surface area contributed by atoms with E-state index < -0.39 is 0 Å². The number of hydrogen-bond acceptors (Lipinski definition) is 6. The van der Waals surface area contributed by atoms with Gasteiger partial charge in [-0.15, -0.1) is 15.3 Å². The molecule has 0 saturated carbocycles. The van der Waals surface area contributed by atoms with E-state index in [1.54, 1.807) is 35.9 Å². The van der Waals surface area contributed by atoms with Crippen molar-refractivity contribution < 1.29 is 14.3 Å². The van der Waals surface area contributed by atoms with Crippen LogP contribution in [0.15, 0.2) is 60.7 Å². The lowest BCUT2D eigenvalue weighted by Crippen LogP contribution is -2.29. The van der Waals surface area contributed by atoms with Crippen molar-refractivity contribution in [3.63, 3.8) is 0 Å². The van der Waals surface area contributed by atoms with Crippen molar-refractivity contribution in [2.45, 2.75) is 6.42 Å². The summed E-state index contributed by atoms with van der Waals surface area (Å²) in [6.45, 7) is 0.643. The van der Waals surface area contributed by atoms with Crippen LogP contribution >= 0.6 is 11.6 Å². The fourth-order valence-electron chi connectivity index (χ4n) is 2.97. The van der Waals surface area contributed by atoms with Gasteiger partial charge in [0.2, 0.25) is 11.8 Å². The summed E-state index contributed by atoms with van der Waals surface area (Å²) in [5.41, 5.74) is 2.36. The van der Waals surface area contributed by atoms with Crippen LogP contribution in [0.3, 0.4) is 0 Å². The molecule has 1 amide bonds. The summed E-state index contributed by atoms with van der Waals surface area (Å²) < 4.78 is 12.5. The van der Waals surface area contributed by atoms with Gasteiger partial charge in [-0.25, -0.2) is 0 Å². The van der Waals surface area contributed by atoms with Crippen LogP contribution in [0.1, 0.15) is 5.56 Å². The number of amides is 1. The number of carbonyl (C=O) groups excluding carboxylic acids is 1. The molecular formula is C22H20ClN5O3. The fourth-order valence-corrected chi connectivity index (χ4v) is 3.09. The van der Waals surface area contributed by atoms with E-state index in [9.17, 15) is 4.79 Å². The zero-order chi connectivity index (χ0) is 21.6. The maximum Gasteiger partial charge on any atom is 0.231 e. The molecule has 0 spiro atoms. The first-order chi connectivity index (χ1) is 15.1. The molecule has 2 aromatic carbocycles. The highest BCUT2D eigenvalue weighted by molar-refractivity contribution is 6.30. The molecule has 4 aromatic rings. The van der Waals surface area contributed by atoms with Gasteiger partial charge in [-0.2, -0.15) is 4.52 Å². The molecule has 158 valence electrons. The smallest absolute Gasteiger partial charge is 0.231 e. The molecule has 1 N–H and O–H groups in total. The second-order valence-electron chi connectivity index (χ2n) is 6.70. The van der Waals surface area contributed by atoms with Crippen LogP contribution in [-0.4, -0.2) is 46.0 Å². The van der Waals surface area contributed by atoms with E-state index in [0.717, 1.165) is 16.9 Å². The van der Waals surface area contributed by atoms with Gasteiger partial charge < -0.3 is 14.8 Å². The topological polar surface area (TPSA) is 90.6 Å². The first kappa shape index (κ1) is 20.6. The normalized spacial score (nSPS) is 10.8. The predicted molar refractivity (Wildman–Crippen MR) is 116 cm³/mol. The third-order valence-corrected chi connectivity index (χ3v) is 4.79. The first-order valence-corrected chi connectivity index (χ1v) is 10.0. The van der Waals surface area contributed by atoms with Gasteiger partial charge in [-0.1, -0.05) is 23.7 Å². The van der Waals surface area contributed by atoms with E-state index in [1.807, 2.05) is 36.4 Å². The van der Waals surface area contributed by atoms with Crippen LogP contribution in [0.4, 0.5) is 0 Å². The molecule has 31 heavy (non-hydrogen) atoms. The van der Waals surface area contributed by atoms with E-state index >= 15 is 0 Å². The van der Waals surface area contributed by atoms with Crippen molar-refractivity contribution in [2.24, 2.45) is 0 Å². The molecule has 0 unspecified atom stereocenters. The van der Waals surface area contributed by atoms with Gasteiger partial charge in [-0.3, -0.25) is 4.79 Å². The number of halogens is 1. The molecule has 4 rings (SSSR count). The predicted octanol–water partition coefficient (Wildman–Crippen LogP) is 3.19. The number of rotatable bonds is 8. The molecule has 0 aliphatic heterocycles. The number of methoxy groups -OCH3 is 1. The molecule has 0 saturated heterocycles. The highest BCUT2D eigenvalue weighted by atomic mass is 35.5. The molecule has 2 heterocycles. The van der Waals surface area contributed by atoms with Crippen molar-refractivity contribution in [1.82, 2.24) is 25.1 Å². The van der Waals surface area contributed by atoms with Crippen molar-refractivity contribution in [2.75, 3.05) is 20.3 Å². The fraction of sp³-hybridized carbons (Fsp3) is 0.182. The number of fused-ring (bicyclic) bond motifs is 1. The third-order valence-electron chi connectivity index (χ3n) is 4.54. The van der Waals surface area contributed by atoms with Gasteiger partial charge >= 0.3 is 0 Å². The Morgan fingerprint density at radius 2 is 1.81 bits per heavy atom. The lowest BCUT2D eigenvalue weighted by molar-refractivity contribution is -0.120. The Bertz CT molecular complexity index is 1180. The van der Waals surface area contributed by atoms with Crippen molar-refractivity contribution >= 4 is 23.2 Å². The number of nitrogens with one attached hydrogen (secondary N) is 1. The van der Waals surface area contributed by atoms with Crippen molar-refractivity contribution in [1.29, 1.82) is 0 Å². The average molecular weight is 438 g/mol. The van der Waals surface area contributed by atoms with Gasteiger partial charge in [0.15, 0.2) is 11.5 Å². The van der Waals surface area contributed by atoms with E-state index in [4.69, 9.17) is 21.1 Å². The van der Waals surface area contributed by atoms with Crippen LogP contribution in [0.2, 0.25) is 5.02 Å². The molecule has 0 fully saturated rings. The molecule has 0 aliphatic rings. The second kappa shape index (κ2) is 9.44. The summed E-state index contributed by atoms with van der Waals surface area (Å²) in [5, 5.41) is 16.3. The Hall–Kier alpha value is -3.65. The van der Waals surface area contributed by atoms with Crippen LogP contribution in [0, 0.1) is 0 Å². The summed E-state index contributed by atoms with van der Waals surface area (Å²) in [7, 11) is 1.62. The Balaban J connectivity index is 1.34. The van der Waals surface area contributed by atoms with Crippen LogP contribution < -0.4 is 14.8 Å². The Morgan fingerprint density at radius 1 is 1.03 bits per heavy atom. The molecular weight excluding hydrogens is 418 g/mol. The summed E-state index contributed by atoms with van der Waals surface area (Å²) in [6.07, 6.45) is 0.285. The summed E-state index contributed by atoms with van der Waals surface area (Å²) >= 11 is 5.86. The minimum Gasteiger partial charge on any atom is -0.497 e. The number of aromatic nitrogens is 4. The number of nitrogens with zero attached hydrogens (tertiary/aromatic N) is 4. The van der Waals surface area contributed by atoms with Gasteiger partial charge in [0.25, 0.3) is 0 Å². The minimum atomic E-state index is -0.0880. The van der Waals surface area contributed by atoms with E-state index in [2.05, 4.69) is 20.6 Å². The maximum absolute atomic E-state index is 12.1. The zero-order valence-corrected chi connectivity index (χ0v) is 17.5. The number of carbonyl (C=O) groups is 1. The largest absolute Gasteiger partial charge is 0.497 e. The molecule has 0 bridgehead atoms. The zero-order valence-electron chi connectivity index (χ0n) is 16.8. The molecule has 9 heteroatoms. The lowest BCUT2D eigenvalue weighted by Gasteiger charge is -2.08. The Morgan fingerprint density at radius 3 is 2.55 bits per heavy atom. The van der Waals surface area contributed by atoms with E-state index in [1.165, 1.54) is 0 Å². The summed E-state index contributed by atoms with van der Waals surface area (Å²) in [5.74, 6) is 1.68. The standard InChI is InChI=1S/C22H20ClN5O3/c1-30-18-8-4-16(5-9-18)22-26-25-19-10-11-21(27-28(19)22)31-13-12-24-20(29)14-15-2-6-17(23)7-3-15/h2-11H,12-14H2,1H3,(H,24,29). The van der Waals surface area contributed by atoms with Crippen LogP contribution in [0.5, 0.6) is 11.6 Å². The lowest BCUT2D eigenvalue weighted by atomic mass is 10.1. The first-order valence-electron chi connectivity index (χ1n) is 9.63. The second-order valence-corrected chi connectivity index (χ2v) is 7.13. The van der Waals surface area contributed by atoms with E-state index in [-0.39, 0.29) is 18.9 Å². The van der Waals surface area contributed by atoms with Crippen LogP contribution in [0.25, 0.3) is 17.0 Å². The van der Waals surface area contributed by atoms with Gasteiger partial charge in [0, 0.05) is 16.7 Å². The van der Waals surface area contributed by atoms with Crippen molar-refractivity contribution in [3.8, 4) is 23.0 Å². The maximum atomic E-state index is 12.1. The average Bonchev–Trinajstić information content (AvgIpc) is 3.21. The van der Waals surface area contributed by atoms with Crippen molar-refractivity contribution in [3.05, 3.63) is 71.2 Å². The highest BCUT2D eigenvalue weighted by Crippen LogP contribution is 2.21. The number of benzene rings is 2. The SMILES string of the molecule is COc1ccc(-c2nnc3ccc(OCCNC(=O)Cc4ccc(Cl)cc4)nn23)cc1. The molecule has 2 aromatic heterocycles. The highest BCUT2D eigenvalue weighted by Gasteiger charge is 2.11. The summed E-state index contributed by atoms with van der Waals surface area (Å²) in [4.78, 5) is 12.1. The molecule has 8 nitrogen and oxygen atoms in total. The Kier molecular flexibility index (Phi) is 6.28. The monoisotopic (exact) mass is 437 g/mol. The van der Waals surface area contributed by atoms with Crippen LogP contribution in [-0.2, 0) is 11.2 Å². The van der Waals surface area contributed by atoms with Gasteiger partial charge in [-0.05, 0) is 48.0 Å². The quantitative estimate of drug-likeness (QED) is 0.426. The number of ether oxygens (including phenoxy) is 2. The Labute approximate surface area is 183 Å². The molecule has 0 atom stereocenters. The summed E-state index contributed by atoms with van der Waals surface area (Å²) in [6, 6.07) is 18.2. The molecule has 0 aliphatic carbocycles. The molecule has 0 radical (unpaired) electrons. The van der Waals surface area contributed by atoms with Gasteiger partial charge in [0.05, 0.1) is 20.1 Å². The minimum absolute atomic E-state index is 0.0880. The third kappa shape index (κ3) is 5.10. The number of hydrogen-bond donors (Lipinski definition) is 1. The van der Waals surface area contributed by atoms with E-state index in [0.29, 0.717) is 28.9 Å². The van der Waals surface area contributed by atoms with Gasteiger partial charge in [0.1, 0.15) is 12.4 Å².